The molecule has 0 saturated heterocycles. The zero-order chi connectivity index (χ0) is 19.8. The average Bonchev–Trinajstić information content (AvgIpc) is 2.60. The molecule has 0 aliphatic heterocycles. The van der Waals surface area contributed by atoms with Gasteiger partial charge in [-0.25, -0.2) is 16.8 Å². The molecule has 142 valence electrons. The van der Waals surface area contributed by atoms with Gasteiger partial charge in [0.2, 0.25) is 0 Å². The Morgan fingerprint density at radius 3 is 2.00 bits per heavy atom. The molecule has 0 amide bonds. The average molecular weight is 406 g/mol. The number of sulfonamides is 2. The minimum absolute atomic E-state index is 0.109. The number of anilines is 2. The summed E-state index contributed by atoms with van der Waals surface area (Å²) in [6, 6.07) is 15.3. The van der Waals surface area contributed by atoms with E-state index >= 15 is 0 Å². The van der Waals surface area contributed by atoms with Crippen molar-refractivity contribution >= 4 is 42.2 Å². The van der Waals surface area contributed by atoms with E-state index in [0.29, 0.717) is 16.5 Å². The summed E-state index contributed by atoms with van der Waals surface area (Å²) in [6.07, 6.45) is 0. The fourth-order valence-corrected chi connectivity index (χ4v) is 5.89. The van der Waals surface area contributed by atoms with Gasteiger partial charge in [0.1, 0.15) is 0 Å². The van der Waals surface area contributed by atoms with Crippen LogP contribution in [0, 0.1) is 0 Å². The van der Waals surface area contributed by atoms with Gasteiger partial charge in [-0.1, -0.05) is 24.3 Å². The first-order chi connectivity index (χ1) is 12.6. The van der Waals surface area contributed by atoms with Crippen molar-refractivity contribution in [2.24, 2.45) is 0 Å². The molecule has 3 N–H and O–H groups in total. The van der Waals surface area contributed by atoms with Gasteiger partial charge in [0, 0.05) is 36.2 Å². The molecule has 0 heterocycles. The number of nitrogen functional groups attached to an aromatic ring is 1. The van der Waals surface area contributed by atoms with E-state index < -0.39 is 20.0 Å². The molecule has 0 unspecified atom stereocenters. The third-order valence-electron chi connectivity index (χ3n) is 4.04. The number of rotatable bonds is 5. The van der Waals surface area contributed by atoms with E-state index in [-0.39, 0.29) is 9.79 Å². The van der Waals surface area contributed by atoms with Crippen LogP contribution in [0.2, 0.25) is 0 Å². The Morgan fingerprint density at radius 2 is 1.37 bits per heavy atom. The molecule has 9 heteroatoms. The molecule has 0 spiro atoms. The zero-order valence-corrected chi connectivity index (χ0v) is 16.4. The number of hydrogen-bond acceptors (Lipinski definition) is 6. The van der Waals surface area contributed by atoms with Crippen LogP contribution in [-0.4, -0.2) is 30.9 Å². The lowest BCUT2D eigenvalue weighted by Gasteiger charge is -2.17. The third-order valence-corrected chi connectivity index (χ3v) is 7.62. The Bertz CT molecular complexity index is 1200. The van der Waals surface area contributed by atoms with Gasteiger partial charge in [0.25, 0.3) is 20.0 Å². The maximum Gasteiger partial charge on any atom is 0.254 e. The smallest absolute Gasteiger partial charge is 0.254 e. The fourth-order valence-electron chi connectivity index (χ4n) is 2.77. The molecule has 3 aromatic carbocycles. The highest BCUT2D eigenvalue weighted by Gasteiger charge is 2.26. The molecule has 27 heavy (non-hydrogen) atoms. The highest BCUT2D eigenvalue weighted by atomic mass is 32.3. The van der Waals surface area contributed by atoms with Crippen LogP contribution in [0.15, 0.2) is 70.5 Å². The van der Waals surface area contributed by atoms with Crippen molar-refractivity contribution in [3.63, 3.8) is 0 Å². The second-order valence-electron chi connectivity index (χ2n) is 6.18. The summed E-state index contributed by atoms with van der Waals surface area (Å²) in [4.78, 5) is 1.56. The topological polar surface area (TPSA) is 110 Å². The van der Waals surface area contributed by atoms with Crippen molar-refractivity contribution in [3.05, 3.63) is 60.7 Å². The Balaban J connectivity index is 2.10. The summed E-state index contributed by atoms with van der Waals surface area (Å²) in [7, 11) is -4.92. The predicted molar refractivity (Wildman–Crippen MR) is 107 cm³/mol. The van der Waals surface area contributed by atoms with Crippen LogP contribution in [0.4, 0.5) is 11.4 Å². The first-order valence-electron chi connectivity index (χ1n) is 7.95. The van der Waals surface area contributed by atoms with E-state index in [0.717, 1.165) is 5.69 Å². The lowest BCUT2D eigenvalue weighted by molar-refractivity contribution is 0.577. The lowest BCUT2D eigenvalue weighted by Crippen LogP contribution is -2.30. The molecular weight excluding hydrogens is 386 g/mol. The maximum absolute atomic E-state index is 12.9. The van der Waals surface area contributed by atoms with E-state index in [1.54, 1.807) is 24.3 Å². The van der Waals surface area contributed by atoms with Crippen LogP contribution in [0.5, 0.6) is 0 Å². The summed E-state index contributed by atoms with van der Waals surface area (Å²) < 4.78 is 52.5. The van der Waals surface area contributed by atoms with Gasteiger partial charge in [-0.15, -0.1) is 4.13 Å². The number of nitrogens with one attached hydrogen (secondary N) is 1. The zero-order valence-electron chi connectivity index (χ0n) is 14.7. The Hall–Kier alpha value is -2.62. The standard InChI is InChI=1S/C18H19N3O4S2/c1-21(2)17-7-3-6-16-15(17)5-4-8-18(16)27(24,25)20-26(22,23)14-11-9-13(19)10-12-14/h3-12,20H,19H2,1-2H3. The largest absolute Gasteiger partial charge is 0.399 e. The summed E-state index contributed by atoms with van der Waals surface area (Å²) in [6.45, 7) is 0. The Labute approximate surface area is 158 Å². The molecule has 3 rings (SSSR count). The third kappa shape index (κ3) is 3.75. The summed E-state index contributed by atoms with van der Waals surface area (Å²) in [5.74, 6) is 0. The number of hydrogen-bond donors (Lipinski definition) is 2. The Kier molecular flexibility index (Phi) is 4.85. The highest BCUT2D eigenvalue weighted by Crippen LogP contribution is 2.30. The number of nitrogens with zero attached hydrogens (tertiary/aromatic N) is 1. The van der Waals surface area contributed by atoms with Gasteiger partial charge in [0.05, 0.1) is 9.79 Å². The van der Waals surface area contributed by atoms with E-state index in [1.165, 1.54) is 30.3 Å². The number of benzene rings is 3. The quantitative estimate of drug-likeness (QED) is 0.630. The van der Waals surface area contributed by atoms with E-state index in [9.17, 15) is 16.8 Å². The monoisotopic (exact) mass is 405 g/mol. The molecule has 0 bridgehead atoms. The van der Waals surface area contributed by atoms with Gasteiger partial charge in [-0.3, -0.25) is 0 Å². The van der Waals surface area contributed by atoms with Crippen molar-refractivity contribution in [1.82, 2.24) is 4.13 Å². The van der Waals surface area contributed by atoms with Gasteiger partial charge < -0.3 is 10.6 Å². The van der Waals surface area contributed by atoms with Crippen molar-refractivity contribution in [2.75, 3.05) is 24.7 Å². The minimum atomic E-state index is -4.33. The van der Waals surface area contributed by atoms with E-state index in [1.807, 2.05) is 29.2 Å². The molecule has 0 radical (unpaired) electrons. The second kappa shape index (κ2) is 6.84. The fraction of sp³-hybridized carbons (Fsp3) is 0.111. The summed E-state index contributed by atoms with van der Waals surface area (Å²) >= 11 is 0. The first kappa shape index (κ1) is 19.2. The Morgan fingerprint density at radius 1 is 0.778 bits per heavy atom. The number of fused-ring (bicyclic) bond motifs is 1. The van der Waals surface area contributed by atoms with E-state index in [4.69, 9.17) is 5.73 Å². The van der Waals surface area contributed by atoms with Gasteiger partial charge >= 0.3 is 0 Å². The highest BCUT2D eigenvalue weighted by molar-refractivity contribution is 8.04. The van der Waals surface area contributed by atoms with Gasteiger partial charge in [-0.2, -0.15) is 0 Å². The van der Waals surface area contributed by atoms with Crippen LogP contribution in [0.25, 0.3) is 10.8 Å². The molecule has 0 fully saturated rings. The van der Waals surface area contributed by atoms with Crippen molar-refractivity contribution in [1.29, 1.82) is 0 Å². The van der Waals surface area contributed by atoms with Crippen LogP contribution < -0.4 is 14.8 Å². The second-order valence-corrected chi connectivity index (χ2v) is 9.77. The summed E-state index contributed by atoms with van der Waals surface area (Å²) in [5, 5.41) is 1.14. The van der Waals surface area contributed by atoms with Gasteiger partial charge in [-0.05, 0) is 36.4 Å². The van der Waals surface area contributed by atoms with E-state index in [2.05, 4.69) is 0 Å². The van der Waals surface area contributed by atoms with Crippen LogP contribution in [0.1, 0.15) is 0 Å². The molecule has 7 nitrogen and oxygen atoms in total. The normalized spacial score (nSPS) is 12.2. The molecule has 0 aliphatic carbocycles. The van der Waals surface area contributed by atoms with Gasteiger partial charge in [0.15, 0.2) is 0 Å². The molecule has 0 aliphatic rings. The van der Waals surface area contributed by atoms with Crippen LogP contribution >= 0.6 is 0 Å². The first-order valence-corrected chi connectivity index (χ1v) is 10.9. The molecule has 0 saturated carbocycles. The lowest BCUT2D eigenvalue weighted by atomic mass is 10.1. The predicted octanol–water partition coefficient (Wildman–Crippen LogP) is 2.16. The SMILES string of the molecule is CN(C)c1cccc2c(S(=O)(=O)NS(=O)(=O)c3ccc(N)cc3)cccc12. The van der Waals surface area contributed by atoms with Crippen molar-refractivity contribution in [2.45, 2.75) is 9.79 Å². The summed E-state index contributed by atoms with van der Waals surface area (Å²) in [5.41, 5.74) is 6.75. The molecule has 3 aromatic rings. The molecule has 0 atom stereocenters. The molecular formula is C18H19N3O4S2. The molecule has 0 aromatic heterocycles. The maximum atomic E-state index is 12.9. The van der Waals surface area contributed by atoms with Crippen LogP contribution in [0.3, 0.4) is 0 Å². The van der Waals surface area contributed by atoms with Crippen LogP contribution in [-0.2, 0) is 20.0 Å². The van der Waals surface area contributed by atoms with Crippen molar-refractivity contribution < 1.29 is 16.8 Å². The van der Waals surface area contributed by atoms with Crippen molar-refractivity contribution in [3.8, 4) is 0 Å². The number of nitrogens with two attached hydrogens (primary N) is 1. The minimum Gasteiger partial charge on any atom is -0.399 e.